The summed E-state index contributed by atoms with van der Waals surface area (Å²) in [4.78, 5) is 12.3. The minimum Gasteiger partial charge on any atom is -0.396 e. The lowest BCUT2D eigenvalue weighted by Gasteiger charge is -2.35. The maximum atomic E-state index is 13.8. The van der Waals surface area contributed by atoms with E-state index in [1.807, 2.05) is 0 Å². The van der Waals surface area contributed by atoms with E-state index in [-0.39, 0.29) is 35.3 Å². The third-order valence-electron chi connectivity index (χ3n) is 5.38. The Labute approximate surface area is 135 Å². The van der Waals surface area contributed by atoms with Crippen LogP contribution in [-0.2, 0) is 4.79 Å². The average molecular weight is 323 g/mol. The molecule has 2 atom stereocenters. The van der Waals surface area contributed by atoms with E-state index in [0.717, 1.165) is 25.7 Å². The standard InChI is InChI=1S/C18H23F2NO2/c19-14-5-4-6-15(20)16(14)12-9-13(12)17(23)21-10-18(11-22)7-2-1-3-8-18/h4-6,12-13,22H,1-3,7-11H2,(H,21,23). The maximum Gasteiger partial charge on any atom is 0.223 e. The summed E-state index contributed by atoms with van der Waals surface area (Å²) in [6.45, 7) is 0.522. The maximum absolute atomic E-state index is 13.8. The second-order valence-electron chi connectivity index (χ2n) is 7.02. The predicted octanol–water partition coefficient (Wildman–Crippen LogP) is 3.13. The number of carbonyl (C=O) groups is 1. The molecule has 0 bridgehead atoms. The third kappa shape index (κ3) is 3.39. The topological polar surface area (TPSA) is 49.3 Å². The normalized spacial score (nSPS) is 25.9. The van der Waals surface area contributed by atoms with E-state index >= 15 is 0 Å². The van der Waals surface area contributed by atoms with Crippen LogP contribution >= 0.6 is 0 Å². The van der Waals surface area contributed by atoms with Crippen LogP contribution in [0.2, 0.25) is 0 Å². The fraction of sp³-hybridized carbons (Fsp3) is 0.611. The highest BCUT2D eigenvalue weighted by Crippen LogP contribution is 2.49. The summed E-state index contributed by atoms with van der Waals surface area (Å²) in [5, 5.41) is 12.6. The summed E-state index contributed by atoms with van der Waals surface area (Å²) in [7, 11) is 0. The number of benzene rings is 1. The van der Waals surface area contributed by atoms with Crippen molar-refractivity contribution in [3.8, 4) is 0 Å². The Balaban J connectivity index is 1.58. The van der Waals surface area contributed by atoms with Gasteiger partial charge in [0.15, 0.2) is 0 Å². The third-order valence-corrected chi connectivity index (χ3v) is 5.38. The lowest BCUT2D eigenvalue weighted by Crippen LogP contribution is -2.42. The minimum absolute atomic E-state index is 0.0298. The van der Waals surface area contributed by atoms with Gasteiger partial charge in [0.25, 0.3) is 0 Å². The predicted molar refractivity (Wildman–Crippen MR) is 82.8 cm³/mol. The second kappa shape index (κ2) is 6.56. The van der Waals surface area contributed by atoms with Gasteiger partial charge in [-0.1, -0.05) is 25.3 Å². The molecule has 0 heterocycles. The molecule has 0 saturated heterocycles. The molecule has 126 valence electrons. The zero-order chi connectivity index (χ0) is 16.4. The van der Waals surface area contributed by atoms with Crippen molar-refractivity contribution in [3.63, 3.8) is 0 Å². The first-order chi connectivity index (χ1) is 11.1. The molecule has 3 nitrogen and oxygen atoms in total. The number of hydrogen-bond acceptors (Lipinski definition) is 2. The number of hydrogen-bond donors (Lipinski definition) is 2. The van der Waals surface area contributed by atoms with Crippen LogP contribution in [-0.4, -0.2) is 24.2 Å². The molecule has 0 aromatic heterocycles. The van der Waals surface area contributed by atoms with Crippen LogP contribution < -0.4 is 5.32 Å². The molecule has 3 rings (SSSR count). The van der Waals surface area contributed by atoms with Crippen LogP contribution in [0.1, 0.15) is 50.0 Å². The van der Waals surface area contributed by atoms with Gasteiger partial charge in [-0.2, -0.15) is 0 Å². The lowest BCUT2D eigenvalue weighted by molar-refractivity contribution is -0.123. The zero-order valence-corrected chi connectivity index (χ0v) is 13.2. The highest BCUT2D eigenvalue weighted by atomic mass is 19.1. The van der Waals surface area contributed by atoms with Gasteiger partial charge >= 0.3 is 0 Å². The van der Waals surface area contributed by atoms with Gasteiger partial charge < -0.3 is 10.4 Å². The molecule has 0 aliphatic heterocycles. The summed E-state index contributed by atoms with van der Waals surface area (Å²) in [6.07, 6.45) is 5.63. The Morgan fingerprint density at radius 2 is 1.87 bits per heavy atom. The molecule has 1 aromatic carbocycles. The van der Waals surface area contributed by atoms with Crippen LogP contribution in [0.3, 0.4) is 0 Å². The molecule has 2 N–H and O–H groups in total. The molecule has 2 aliphatic carbocycles. The SMILES string of the molecule is O=C(NCC1(CO)CCCCC1)C1CC1c1c(F)cccc1F. The smallest absolute Gasteiger partial charge is 0.223 e. The van der Waals surface area contributed by atoms with Gasteiger partial charge in [0.05, 0.1) is 6.61 Å². The molecular weight excluding hydrogens is 300 g/mol. The molecule has 1 aromatic rings. The number of nitrogens with one attached hydrogen (secondary N) is 1. The summed E-state index contributed by atoms with van der Waals surface area (Å²) in [5.74, 6) is -2.04. The molecule has 2 fully saturated rings. The molecule has 5 heteroatoms. The number of carbonyl (C=O) groups excluding carboxylic acids is 1. The van der Waals surface area contributed by atoms with Crippen LogP contribution in [0.25, 0.3) is 0 Å². The monoisotopic (exact) mass is 323 g/mol. The fourth-order valence-corrected chi connectivity index (χ4v) is 3.77. The van der Waals surface area contributed by atoms with Crippen LogP contribution in [0.4, 0.5) is 8.78 Å². The Bertz CT molecular complexity index is 564. The van der Waals surface area contributed by atoms with Gasteiger partial charge in [-0.25, -0.2) is 8.78 Å². The molecular formula is C18H23F2NO2. The molecule has 0 radical (unpaired) electrons. The molecule has 23 heavy (non-hydrogen) atoms. The van der Waals surface area contributed by atoms with Crippen molar-refractivity contribution in [3.05, 3.63) is 35.4 Å². The molecule has 2 aliphatic rings. The largest absolute Gasteiger partial charge is 0.396 e. The van der Waals surface area contributed by atoms with Crippen LogP contribution in [0, 0.1) is 23.0 Å². The first-order valence-electron chi connectivity index (χ1n) is 8.39. The van der Waals surface area contributed by atoms with E-state index in [1.165, 1.54) is 24.6 Å². The fourth-order valence-electron chi connectivity index (χ4n) is 3.77. The highest BCUT2D eigenvalue weighted by Gasteiger charge is 2.47. The van der Waals surface area contributed by atoms with E-state index in [4.69, 9.17) is 0 Å². The molecule has 1 amide bonds. The quantitative estimate of drug-likeness (QED) is 0.875. The van der Waals surface area contributed by atoms with Gasteiger partial charge in [-0.3, -0.25) is 4.79 Å². The van der Waals surface area contributed by atoms with Gasteiger partial charge in [-0.15, -0.1) is 0 Å². The van der Waals surface area contributed by atoms with Crippen molar-refractivity contribution in [2.75, 3.05) is 13.2 Å². The van der Waals surface area contributed by atoms with Crippen LogP contribution in [0.5, 0.6) is 0 Å². The van der Waals surface area contributed by atoms with Gasteiger partial charge in [-0.05, 0) is 31.4 Å². The van der Waals surface area contributed by atoms with Crippen LogP contribution in [0.15, 0.2) is 18.2 Å². The Morgan fingerprint density at radius 1 is 1.22 bits per heavy atom. The molecule has 0 spiro atoms. The zero-order valence-electron chi connectivity index (χ0n) is 13.2. The second-order valence-corrected chi connectivity index (χ2v) is 7.02. The summed E-state index contributed by atoms with van der Waals surface area (Å²) in [5.41, 5.74) is -0.191. The van der Waals surface area contributed by atoms with E-state index in [9.17, 15) is 18.7 Å². The van der Waals surface area contributed by atoms with Crippen molar-refractivity contribution in [1.82, 2.24) is 5.32 Å². The Hall–Kier alpha value is -1.49. The number of aliphatic hydroxyl groups is 1. The first-order valence-corrected chi connectivity index (χ1v) is 8.39. The van der Waals surface area contributed by atoms with Crippen molar-refractivity contribution in [1.29, 1.82) is 0 Å². The van der Waals surface area contributed by atoms with E-state index < -0.39 is 11.6 Å². The van der Waals surface area contributed by atoms with Crippen molar-refractivity contribution in [2.24, 2.45) is 11.3 Å². The first kappa shape index (κ1) is 16.4. The van der Waals surface area contributed by atoms with E-state index in [1.54, 1.807) is 0 Å². The summed E-state index contributed by atoms with van der Waals surface area (Å²) < 4.78 is 27.5. The van der Waals surface area contributed by atoms with E-state index in [2.05, 4.69) is 5.32 Å². The van der Waals surface area contributed by atoms with Gasteiger partial charge in [0.1, 0.15) is 11.6 Å². The molecule has 2 unspecified atom stereocenters. The Morgan fingerprint density at radius 3 is 2.48 bits per heavy atom. The highest BCUT2D eigenvalue weighted by molar-refractivity contribution is 5.83. The van der Waals surface area contributed by atoms with Crippen molar-refractivity contribution in [2.45, 2.75) is 44.4 Å². The number of aliphatic hydroxyl groups excluding tert-OH is 1. The van der Waals surface area contributed by atoms with Gasteiger partial charge in [0, 0.05) is 29.4 Å². The summed E-state index contributed by atoms with van der Waals surface area (Å²) >= 11 is 0. The van der Waals surface area contributed by atoms with Gasteiger partial charge in [0.2, 0.25) is 5.91 Å². The average Bonchev–Trinajstić information content (AvgIpc) is 3.34. The number of rotatable bonds is 5. The van der Waals surface area contributed by atoms with E-state index in [0.29, 0.717) is 13.0 Å². The van der Waals surface area contributed by atoms with Crippen molar-refractivity contribution < 1.29 is 18.7 Å². The molecule has 2 saturated carbocycles. The minimum atomic E-state index is -0.579. The summed E-state index contributed by atoms with van der Waals surface area (Å²) in [6, 6.07) is 3.79. The number of halogens is 2. The number of amides is 1. The Kier molecular flexibility index (Phi) is 4.67. The van der Waals surface area contributed by atoms with Crippen molar-refractivity contribution >= 4 is 5.91 Å². The lowest BCUT2D eigenvalue weighted by atomic mass is 9.74.